The van der Waals surface area contributed by atoms with Gasteiger partial charge in [-0.25, -0.2) is 4.68 Å². The first kappa shape index (κ1) is 22.0. The van der Waals surface area contributed by atoms with E-state index in [2.05, 4.69) is 27.8 Å². The molecule has 0 aliphatic carbocycles. The summed E-state index contributed by atoms with van der Waals surface area (Å²) in [5, 5.41) is 24.7. The van der Waals surface area contributed by atoms with Crippen molar-refractivity contribution in [3.8, 4) is 5.69 Å². The Balaban J connectivity index is 0.00000280. The fraction of sp³-hybridized carbons (Fsp3) is 0.350. The number of nitrogens with zero attached hydrogens (tertiary/aromatic N) is 4. The Morgan fingerprint density at radius 2 is 1.75 bits per heavy atom. The fourth-order valence-corrected chi connectivity index (χ4v) is 2.76. The van der Waals surface area contributed by atoms with Crippen LogP contribution in [0.25, 0.3) is 5.69 Å². The maximum atomic E-state index is 10.2. The Bertz CT molecular complexity index is 799. The number of hydrogen-bond donors (Lipinski definition) is 2. The molecule has 0 spiro atoms. The topological polar surface area (TPSA) is 85.1 Å². The molecule has 28 heavy (non-hydrogen) atoms. The normalized spacial score (nSPS) is 14.1. The molecular formula is C20H26ClN5O2. The molecule has 0 bridgehead atoms. The van der Waals surface area contributed by atoms with Crippen LogP contribution >= 0.6 is 12.4 Å². The van der Waals surface area contributed by atoms with Gasteiger partial charge in [0.15, 0.2) is 0 Å². The van der Waals surface area contributed by atoms with Crippen molar-refractivity contribution in [2.24, 2.45) is 0 Å². The van der Waals surface area contributed by atoms with Gasteiger partial charge in [0.2, 0.25) is 0 Å². The lowest BCUT2D eigenvalue weighted by Crippen LogP contribution is -2.32. The number of rotatable bonds is 9. The summed E-state index contributed by atoms with van der Waals surface area (Å²) in [6.45, 7) is 4.79. The van der Waals surface area contributed by atoms with E-state index in [-0.39, 0.29) is 31.2 Å². The molecule has 2 aromatic carbocycles. The number of aliphatic hydroxyl groups is 1. The van der Waals surface area contributed by atoms with Crippen molar-refractivity contribution in [3.05, 3.63) is 72.1 Å². The van der Waals surface area contributed by atoms with Crippen LogP contribution < -0.4 is 5.32 Å². The Morgan fingerprint density at radius 3 is 2.39 bits per heavy atom. The van der Waals surface area contributed by atoms with Crippen molar-refractivity contribution in [3.63, 3.8) is 0 Å². The number of hydrogen-bond acceptors (Lipinski definition) is 6. The van der Waals surface area contributed by atoms with Gasteiger partial charge in [-0.15, -0.1) is 17.5 Å². The zero-order valence-corrected chi connectivity index (χ0v) is 16.8. The number of benzene rings is 2. The van der Waals surface area contributed by atoms with Crippen LogP contribution in [0.3, 0.4) is 0 Å². The van der Waals surface area contributed by atoms with Gasteiger partial charge in [-0.1, -0.05) is 42.5 Å². The quantitative estimate of drug-likeness (QED) is 0.571. The second-order valence-corrected chi connectivity index (χ2v) is 6.52. The van der Waals surface area contributed by atoms with Crippen LogP contribution in [0.4, 0.5) is 0 Å². The van der Waals surface area contributed by atoms with Gasteiger partial charge in [-0.3, -0.25) is 0 Å². The fourth-order valence-electron chi connectivity index (χ4n) is 2.76. The molecule has 0 aliphatic heterocycles. The number of halogens is 1. The third-order valence-electron chi connectivity index (χ3n) is 4.47. The molecule has 7 nitrogen and oxygen atoms in total. The maximum absolute atomic E-state index is 10.2. The second kappa shape index (κ2) is 10.9. The van der Waals surface area contributed by atoms with Gasteiger partial charge in [-0.2, -0.15) is 0 Å². The van der Waals surface area contributed by atoms with Gasteiger partial charge in [0.05, 0.1) is 24.5 Å². The summed E-state index contributed by atoms with van der Waals surface area (Å²) >= 11 is 0. The van der Waals surface area contributed by atoms with Gasteiger partial charge in [0, 0.05) is 12.6 Å². The molecule has 2 N–H and O–H groups in total. The lowest BCUT2D eigenvalue weighted by atomic mass is 10.1. The summed E-state index contributed by atoms with van der Waals surface area (Å²) in [7, 11) is 0. The Labute approximate surface area is 171 Å². The van der Waals surface area contributed by atoms with E-state index < -0.39 is 6.10 Å². The van der Waals surface area contributed by atoms with Crippen LogP contribution in [0, 0.1) is 0 Å². The Hall–Kier alpha value is -2.32. The predicted octanol–water partition coefficient (Wildman–Crippen LogP) is 2.87. The molecule has 8 heteroatoms. The largest absolute Gasteiger partial charge is 0.389 e. The van der Waals surface area contributed by atoms with E-state index in [1.807, 2.05) is 61.5 Å². The van der Waals surface area contributed by atoms with Crippen LogP contribution in [0.2, 0.25) is 0 Å². The lowest BCUT2D eigenvalue weighted by Gasteiger charge is -2.20. The average molecular weight is 404 g/mol. The van der Waals surface area contributed by atoms with Crippen LogP contribution in [0.15, 0.2) is 60.9 Å². The van der Waals surface area contributed by atoms with Gasteiger partial charge in [0.25, 0.3) is 0 Å². The van der Waals surface area contributed by atoms with Crippen molar-refractivity contribution in [1.29, 1.82) is 0 Å². The van der Waals surface area contributed by atoms with Crippen LogP contribution in [-0.4, -0.2) is 44.6 Å². The third-order valence-corrected chi connectivity index (χ3v) is 4.47. The highest BCUT2D eigenvalue weighted by Gasteiger charge is 2.12. The van der Waals surface area contributed by atoms with E-state index in [4.69, 9.17) is 4.74 Å². The molecule has 3 rings (SSSR count). The molecule has 0 fully saturated rings. The van der Waals surface area contributed by atoms with E-state index >= 15 is 0 Å². The first-order valence-electron chi connectivity index (χ1n) is 9.05. The standard InChI is InChI=1S/C20H25N5O2.ClH/c1-15(17-8-10-19(11-9-17)25-14-22-23-24-25)21-12-20(26)13-27-16(2)18-6-4-3-5-7-18;/h3-11,14-16,20-21,26H,12-13H2,1-2H3;1H. The number of aliphatic hydroxyl groups excluding tert-OH is 1. The number of tetrazole rings is 1. The summed E-state index contributed by atoms with van der Waals surface area (Å²) in [5.74, 6) is 0. The summed E-state index contributed by atoms with van der Waals surface area (Å²) in [5.41, 5.74) is 3.13. The highest BCUT2D eigenvalue weighted by Crippen LogP contribution is 2.17. The molecule has 3 atom stereocenters. The molecule has 0 saturated heterocycles. The maximum Gasteiger partial charge on any atom is 0.143 e. The zero-order valence-electron chi connectivity index (χ0n) is 16.0. The van der Waals surface area contributed by atoms with Gasteiger partial charge in [-0.05, 0) is 47.5 Å². The summed E-state index contributed by atoms with van der Waals surface area (Å²) < 4.78 is 7.38. The van der Waals surface area contributed by atoms with Crippen molar-refractivity contribution in [1.82, 2.24) is 25.5 Å². The third kappa shape index (κ3) is 6.10. The summed E-state index contributed by atoms with van der Waals surface area (Å²) in [4.78, 5) is 0. The van der Waals surface area contributed by atoms with Gasteiger partial charge < -0.3 is 15.2 Å². The minimum Gasteiger partial charge on any atom is -0.389 e. The van der Waals surface area contributed by atoms with Crippen molar-refractivity contribution < 1.29 is 9.84 Å². The molecule has 0 saturated carbocycles. The molecule has 3 aromatic rings. The molecular weight excluding hydrogens is 378 g/mol. The minimum atomic E-state index is -0.570. The van der Waals surface area contributed by atoms with Crippen molar-refractivity contribution >= 4 is 12.4 Å². The highest BCUT2D eigenvalue weighted by molar-refractivity contribution is 5.85. The van der Waals surface area contributed by atoms with Crippen molar-refractivity contribution in [2.75, 3.05) is 13.2 Å². The molecule has 1 aromatic heterocycles. The van der Waals surface area contributed by atoms with E-state index in [9.17, 15) is 5.11 Å². The van der Waals surface area contributed by atoms with Gasteiger partial charge >= 0.3 is 0 Å². The highest BCUT2D eigenvalue weighted by atomic mass is 35.5. The monoisotopic (exact) mass is 403 g/mol. The zero-order chi connectivity index (χ0) is 19.1. The van der Waals surface area contributed by atoms with Gasteiger partial charge in [0.1, 0.15) is 6.33 Å². The van der Waals surface area contributed by atoms with Crippen LogP contribution in [0.1, 0.15) is 37.1 Å². The number of aromatic nitrogens is 4. The molecule has 150 valence electrons. The van der Waals surface area contributed by atoms with Crippen LogP contribution in [0.5, 0.6) is 0 Å². The SMILES string of the molecule is CC(NCC(O)COC(C)c1ccccc1)c1ccc(-n2cnnn2)cc1.Cl. The van der Waals surface area contributed by atoms with E-state index in [1.54, 1.807) is 11.0 Å². The molecule has 1 heterocycles. The molecule has 3 unspecified atom stereocenters. The first-order chi connectivity index (χ1) is 13.1. The lowest BCUT2D eigenvalue weighted by molar-refractivity contribution is -0.00276. The van der Waals surface area contributed by atoms with E-state index in [0.717, 1.165) is 16.8 Å². The molecule has 0 amide bonds. The van der Waals surface area contributed by atoms with Crippen molar-refractivity contribution in [2.45, 2.75) is 32.1 Å². The predicted molar refractivity (Wildman–Crippen MR) is 110 cm³/mol. The summed E-state index contributed by atoms with van der Waals surface area (Å²) in [6.07, 6.45) is 0.944. The Morgan fingerprint density at radius 1 is 1.04 bits per heavy atom. The number of nitrogens with one attached hydrogen (secondary N) is 1. The smallest absolute Gasteiger partial charge is 0.143 e. The molecule has 0 radical (unpaired) electrons. The minimum absolute atomic E-state index is 0. The average Bonchev–Trinajstić information content (AvgIpc) is 3.26. The van der Waals surface area contributed by atoms with Crippen LogP contribution in [-0.2, 0) is 4.74 Å². The Kier molecular flexibility index (Phi) is 8.53. The first-order valence-corrected chi connectivity index (χ1v) is 9.05. The van der Waals surface area contributed by atoms with E-state index in [0.29, 0.717) is 6.54 Å². The second-order valence-electron chi connectivity index (χ2n) is 6.52. The molecule has 0 aliphatic rings. The number of ether oxygens (including phenoxy) is 1. The summed E-state index contributed by atoms with van der Waals surface area (Å²) in [6, 6.07) is 18.1. The van der Waals surface area contributed by atoms with E-state index in [1.165, 1.54) is 0 Å².